The van der Waals surface area contributed by atoms with Gasteiger partial charge in [0.1, 0.15) is 5.82 Å². The van der Waals surface area contributed by atoms with Crippen molar-refractivity contribution in [1.29, 1.82) is 0 Å². The Kier molecular flexibility index (Phi) is 5.97. The number of hydrogen-bond acceptors (Lipinski definition) is 3. The maximum absolute atomic E-state index is 13.0. The summed E-state index contributed by atoms with van der Waals surface area (Å²) in [4.78, 5) is 13.9. The van der Waals surface area contributed by atoms with Gasteiger partial charge in [0.2, 0.25) is 5.91 Å². The van der Waals surface area contributed by atoms with Crippen LogP contribution in [-0.2, 0) is 4.79 Å². The number of benzene rings is 2. The molecule has 0 aliphatic heterocycles. The highest BCUT2D eigenvalue weighted by Crippen LogP contribution is 2.26. The summed E-state index contributed by atoms with van der Waals surface area (Å²) in [6.45, 7) is 2.64. The molecule has 5 heteroatoms. The van der Waals surface area contributed by atoms with Gasteiger partial charge in [0.25, 0.3) is 0 Å². The molecule has 4 nitrogen and oxygen atoms in total. The van der Waals surface area contributed by atoms with E-state index < -0.39 is 0 Å². The number of rotatable bonds is 7. The number of para-hydroxylation sites is 2. The van der Waals surface area contributed by atoms with Crippen molar-refractivity contribution in [3.05, 3.63) is 54.3 Å². The van der Waals surface area contributed by atoms with Crippen LogP contribution in [0.15, 0.2) is 48.5 Å². The van der Waals surface area contributed by atoms with Gasteiger partial charge >= 0.3 is 0 Å². The summed E-state index contributed by atoms with van der Waals surface area (Å²) >= 11 is 0. The number of amides is 1. The highest BCUT2D eigenvalue weighted by atomic mass is 19.1. The van der Waals surface area contributed by atoms with Crippen molar-refractivity contribution in [2.24, 2.45) is 0 Å². The fourth-order valence-corrected chi connectivity index (χ4v) is 2.25. The smallest absolute Gasteiger partial charge is 0.230 e. The normalized spacial score (nSPS) is 10.2. The van der Waals surface area contributed by atoms with Crippen molar-refractivity contribution in [1.82, 2.24) is 0 Å². The quantitative estimate of drug-likeness (QED) is 0.782. The summed E-state index contributed by atoms with van der Waals surface area (Å²) in [6, 6.07) is 13.2. The average molecular weight is 317 g/mol. The lowest BCUT2D eigenvalue weighted by Crippen LogP contribution is -2.31. The predicted molar refractivity (Wildman–Crippen MR) is 87.5 cm³/mol. The van der Waals surface area contributed by atoms with Crippen LogP contribution in [0.2, 0.25) is 0 Å². The highest BCUT2D eigenvalue weighted by Gasteiger charge is 2.14. The van der Waals surface area contributed by atoms with Crippen LogP contribution in [0.5, 0.6) is 11.5 Å². The molecule has 0 saturated heterocycles. The Bertz CT molecular complexity index is 643. The van der Waals surface area contributed by atoms with Crippen molar-refractivity contribution >= 4 is 11.6 Å². The van der Waals surface area contributed by atoms with E-state index >= 15 is 0 Å². The number of methoxy groups -OCH3 is 1. The summed E-state index contributed by atoms with van der Waals surface area (Å²) in [5.41, 5.74) is 0.677. The Morgan fingerprint density at radius 2 is 1.74 bits per heavy atom. The van der Waals surface area contributed by atoms with Crippen LogP contribution in [0.25, 0.3) is 0 Å². The van der Waals surface area contributed by atoms with Gasteiger partial charge in [0.05, 0.1) is 20.1 Å². The molecular weight excluding hydrogens is 297 g/mol. The number of halogens is 1. The van der Waals surface area contributed by atoms with Crippen LogP contribution < -0.4 is 14.4 Å². The van der Waals surface area contributed by atoms with Crippen LogP contribution >= 0.6 is 0 Å². The van der Waals surface area contributed by atoms with E-state index in [-0.39, 0.29) is 24.8 Å². The molecule has 0 heterocycles. The second-order valence-corrected chi connectivity index (χ2v) is 4.86. The Morgan fingerprint density at radius 1 is 1.09 bits per heavy atom. The second kappa shape index (κ2) is 8.17. The molecule has 0 aliphatic rings. The van der Waals surface area contributed by atoms with E-state index in [1.165, 1.54) is 12.1 Å². The molecule has 2 rings (SSSR count). The van der Waals surface area contributed by atoms with Gasteiger partial charge in [0, 0.05) is 12.2 Å². The minimum Gasteiger partial charge on any atom is -0.493 e. The molecule has 0 spiro atoms. The standard InChI is InChI=1S/C18H20FNO3/c1-3-20(15-10-8-14(19)9-11-15)18(21)12-13-23-17-7-5-4-6-16(17)22-2/h4-11H,3,12-13H2,1-2H3. The lowest BCUT2D eigenvalue weighted by molar-refractivity contribution is -0.119. The van der Waals surface area contributed by atoms with Crippen molar-refractivity contribution in [3.63, 3.8) is 0 Å². The molecule has 23 heavy (non-hydrogen) atoms. The zero-order chi connectivity index (χ0) is 16.7. The molecule has 2 aromatic rings. The van der Waals surface area contributed by atoms with Crippen LogP contribution in [0.1, 0.15) is 13.3 Å². The van der Waals surface area contributed by atoms with Crippen LogP contribution in [0.4, 0.5) is 10.1 Å². The minimum absolute atomic E-state index is 0.0750. The predicted octanol–water partition coefficient (Wildman–Crippen LogP) is 3.66. The van der Waals surface area contributed by atoms with Gasteiger partial charge in [-0.15, -0.1) is 0 Å². The van der Waals surface area contributed by atoms with Crippen LogP contribution in [-0.4, -0.2) is 26.2 Å². The number of ether oxygens (including phenoxy) is 2. The zero-order valence-corrected chi connectivity index (χ0v) is 13.3. The summed E-state index contributed by atoms with van der Waals surface area (Å²) in [6.07, 6.45) is 0.225. The van der Waals surface area contributed by atoms with Gasteiger partial charge in [-0.3, -0.25) is 4.79 Å². The Morgan fingerprint density at radius 3 is 2.35 bits per heavy atom. The van der Waals surface area contributed by atoms with E-state index in [4.69, 9.17) is 9.47 Å². The molecule has 0 atom stereocenters. The molecule has 122 valence electrons. The number of hydrogen-bond donors (Lipinski definition) is 0. The molecule has 0 bridgehead atoms. The summed E-state index contributed by atoms with van der Waals surface area (Å²) in [5, 5.41) is 0. The maximum Gasteiger partial charge on any atom is 0.230 e. The number of carbonyl (C=O) groups excluding carboxylic acids is 1. The fourth-order valence-electron chi connectivity index (χ4n) is 2.25. The molecule has 0 N–H and O–H groups in total. The van der Waals surface area contributed by atoms with E-state index in [2.05, 4.69) is 0 Å². The molecule has 0 fully saturated rings. The van der Waals surface area contributed by atoms with Gasteiger partial charge in [0.15, 0.2) is 11.5 Å². The topological polar surface area (TPSA) is 38.8 Å². The Hall–Kier alpha value is -2.56. The largest absolute Gasteiger partial charge is 0.493 e. The van der Waals surface area contributed by atoms with Crippen molar-refractivity contribution in [3.8, 4) is 11.5 Å². The Balaban J connectivity index is 1.94. The van der Waals surface area contributed by atoms with Gasteiger partial charge < -0.3 is 14.4 Å². The first kappa shape index (κ1) is 16.8. The molecule has 2 aromatic carbocycles. The highest BCUT2D eigenvalue weighted by molar-refractivity contribution is 5.93. The van der Waals surface area contributed by atoms with Gasteiger partial charge in [-0.1, -0.05) is 12.1 Å². The third-order valence-electron chi connectivity index (χ3n) is 3.40. The first-order chi connectivity index (χ1) is 11.2. The monoisotopic (exact) mass is 317 g/mol. The third-order valence-corrected chi connectivity index (χ3v) is 3.40. The lowest BCUT2D eigenvalue weighted by Gasteiger charge is -2.21. The molecule has 0 saturated carbocycles. The summed E-state index contributed by atoms with van der Waals surface area (Å²) in [5.74, 6) is 0.837. The van der Waals surface area contributed by atoms with Crippen LogP contribution in [0, 0.1) is 5.82 Å². The minimum atomic E-state index is -0.322. The number of nitrogens with zero attached hydrogens (tertiary/aromatic N) is 1. The first-order valence-corrected chi connectivity index (χ1v) is 7.47. The number of carbonyl (C=O) groups is 1. The fraction of sp³-hybridized carbons (Fsp3) is 0.278. The Labute approximate surface area is 135 Å². The van der Waals surface area contributed by atoms with Crippen LogP contribution in [0.3, 0.4) is 0 Å². The molecule has 0 unspecified atom stereocenters. The molecule has 0 aliphatic carbocycles. The maximum atomic E-state index is 13.0. The molecule has 0 radical (unpaired) electrons. The summed E-state index contributed by atoms with van der Waals surface area (Å²) in [7, 11) is 1.57. The first-order valence-electron chi connectivity index (χ1n) is 7.47. The molecule has 1 amide bonds. The van der Waals surface area contributed by atoms with E-state index in [1.54, 1.807) is 36.3 Å². The van der Waals surface area contributed by atoms with E-state index in [9.17, 15) is 9.18 Å². The molecular formula is C18H20FNO3. The second-order valence-electron chi connectivity index (χ2n) is 4.86. The number of anilines is 1. The van der Waals surface area contributed by atoms with Gasteiger partial charge in [-0.25, -0.2) is 4.39 Å². The average Bonchev–Trinajstić information content (AvgIpc) is 2.57. The van der Waals surface area contributed by atoms with Crippen molar-refractivity contribution < 1.29 is 18.7 Å². The van der Waals surface area contributed by atoms with E-state index in [0.29, 0.717) is 23.7 Å². The van der Waals surface area contributed by atoms with E-state index in [1.807, 2.05) is 19.1 Å². The third kappa shape index (κ3) is 4.45. The SMILES string of the molecule is CCN(C(=O)CCOc1ccccc1OC)c1ccc(F)cc1. The van der Waals surface area contributed by atoms with E-state index in [0.717, 1.165) is 0 Å². The lowest BCUT2D eigenvalue weighted by atomic mass is 10.2. The molecule has 0 aromatic heterocycles. The van der Waals surface area contributed by atoms with Crippen molar-refractivity contribution in [2.75, 3.05) is 25.2 Å². The summed E-state index contributed by atoms with van der Waals surface area (Å²) < 4.78 is 23.8. The van der Waals surface area contributed by atoms with Gasteiger partial charge in [-0.05, 0) is 43.3 Å². The van der Waals surface area contributed by atoms with Gasteiger partial charge in [-0.2, -0.15) is 0 Å². The zero-order valence-electron chi connectivity index (χ0n) is 13.3. The van der Waals surface area contributed by atoms with Crippen molar-refractivity contribution in [2.45, 2.75) is 13.3 Å².